The third kappa shape index (κ3) is 4.72. The van der Waals surface area contributed by atoms with Crippen LogP contribution in [0, 0.1) is 19.8 Å². The van der Waals surface area contributed by atoms with Crippen LogP contribution in [0.1, 0.15) is 24.7 Å². The maximum atomic E-state index is 11.8. The lowest BCUT2D eigenvalue weighted by Gasteiger charge is -2.16. The van der Waals surface area contributed by atoms with Gasteiger partial charge in [0.05, 0.1) is 17.2 Å². The minimum atomic E-state index is -2.97. The van der Waals surface area contributed by atoms with Crippen LogP contribution in [0.15, 0.2) is 6.07 Å². The fourth-order valence-corrected chi connectivity index (χ4v) is 4.31. The van der Waals surface area contributed by atoms with Crippen molar-refractivity contribution in [2.24, 2.45) is 5.92 Å². The van der Waals surface area contributed by atoms with Crippen LogP contribution in [0.4, 0.5) is 4.79 Å². The van der Waals surface area contributed by atoms with E-state index in [0.717, 1.165) is 17.9 Å². The molecule has 1 aromatic heterocycles. The monoisotopic (exact) mass is 328 g/mol. The number of amides is 2. The van der Waals surface area contributed by atoms with Gasteiger partial charge in [-0.15, -0.1) is 0 Å². The highest BCUT2D eigenvalue weighted by molar-refractivity contribution is 7.91. The average Bonchev–Trinajstić information content (AvgIpc) is 2.89. The molecule has 2 rings (SSSR count). The minimum absolute atomic E-state index is 0.0434. The van der Waals surface area contributed by atoms with E-state index >= 15 is 0 Å². The second-order valence-electron chi connectivity index (χ2n) is 6.17. The lowest BCUT2D eigenvalue weighted by atomic mass is 10.2. The number of urea groups is 1. The molecule has 7 nitrogen and oxygen atoms in total. The first-order chi connectivity index (χ1) is 10.2. The molecule has 2 amide bonds. The third-order valence-corrected chi connectivity index (χ3v) is 5.53. The quantitative estimate of drug-likeness (QED) is 0.829. The molecule has 0 aromatic carbocycles. The Labute approximate surface area is 131 Å². The van der Waals surface area contributed by atoms with E-state index in [2.05, 4.69) is 15.7 Å². The number of nitrogens with zero attached hydrogens (tertiary/aromatic N) is 2. The van der Waals surface area contributed by atoms with E-state index in [1.807, 2.05) is 31.5 Å². The summed E-state index contributed by atoms with van der Waals surface area (Å²) in [7, 11) is -2.97. The summed E-state index contributed by atoms with van der Waals surface area (Å²) in [6.07, 6.45) is 0.497. The fraction of sp³-hybridized carbons (Fsp3) is 0.714. The molecule has 124 valence electrons. The Hall–Kier alpha value is -1.57. The number of aromatic nitrogens is 2. The van der Waals surface area contributed by atoms with Gasteiger partial charge in [0.1, 0.15) is 0 Å². The second kappa shape index (κ2) is 6.68. The molecule has 2 unspecified atom stereocenters. The predicted molar refractivity (Wildman–Crippen MR) is 84.5 cm³/mol. The molecule has 2 atom stereocenters. The van der Waals surface area contributed by atoms with Gasteiger partial charge in [0.15, 0.2) is 9.84 Å². The normalized spacial score (nSPS) is 21.5. The van der Waals surface area contributed by atoms with Crippen LogP contribution in [0.3, 0.4) is 0 Å². The Morgan fingerprint density at radius 1 is 1.50 bits per heavy atom. The van der Waals surface area contributed by atoms with Gasteiger partial charge in [-0.25, -0.2) is 13.2 Å². The van der Waals surface area contributed by atoms with Crippen molar-refractivity contribution in [3.8, 4) is 0 Å². The first-order valence-corrected chi connectivity index (χ1v) is 9.33. The number of aryl methyl sites for hydroxylation is 2. The largest absolute Gasteiger partial charge is 0.338 e. The van der Waals surface area contributed by atoms with Gasteiger partial charge in [0.2, 0.25) is 0 Å². The van der Waals surface area contributed by atoms with Crippen LogP contribution < -0.4 is 10.6 Å². The Morgan fingerprint density at radius 3 is 2.77 bits per heavy atom. The van der Waals surface area contributed by atoms with Crippen molar-refractivity contribution < 1.29 is 13.2 Å². The Balaban J connectivity index is 1.73. The number of hydrogen-bond donors (Lipinski definition) is 2. The lowest BCUT2D eigenvalue weighted by Crippen LogP contribution is -2.44. The number of nitrogens with one attached hydrogen (secondary N) is 2. The van der Waals surface area contributed by atoms with E-state index in [4.69, 9.17) is 0 Å². The van der Waals surface area contributed by atoms with Crippen LogP contribution in [-0.4, -0.2) is 48.3 Å². The van der Waals surface area contributed by atoms with Crippen molar-refractivity contribution in [1.29, 1.82) is 0 Å². The molecule has 0 radical (unpaired) electrons. The number of sulfone groups is 1. The van der Waals surface area contributed by atoms with E-state index in [9.17, 15) is 13.2 Å². The topological polar surface area (TPSA) is 93.1 Å². The Kier molecular flexibility index (Phi) is 5.10. The van der Waals surface area contributed by atoms with Gasteiger partial charge in [-0.1, -0.05) is 6.92 Å². The zero-order valence-corrected chi connectivity index (χ0v) is 14.1. The highest BCUT2D eigenvalue weighted by Gasteiger charge is 2.28. The molecule has 0 spiro atoms. The number of hydrogen-bond acceptors (Lipinski definition) is 4. The Morgan fingerprint density at radius 2 is 2.23 bits per heavy atom. The van der Waals surface area contributed by atoms with Gasteiger partial charge in [0.25, 0.3) is 0 Å². The SMILES string of the molecule is Cc1cc(C)n(CC(C)CNC(=O)NC2CCS(=O)(=O)C2)n1. The van der Waals surface area contributed by atoms with Crippen molar-refractivity contribution in [1.82, 2.24) is 20.4 Å². The molecule has 1 fully saturated rings. The van der Waals surface area contributed by atoms with Crippen LogP contribution >= 0.6 is 0 Å². The summed E-state index contributed by atoms with van der Waals surface area (Å²) in [5.41, 5.74) is 2.09. The van der Waals surface area contributed by atoms with Crippen LogP contribution in [0.25, 0.3) is 0 Å². The van der Waals surface area contributed by atoms with Crippen molar-refractivity contribution in [3.63, 3.8) is 0 Å². The summed E-state index contributed by atoms with van der Waals surface area (Å²) in [4.78, 5) is 11.8. The van der Waals surface area contributed by atoms with E-state index in [0.29, 0.717) is 13.0 Å². The molecule has 1 aromatic rings. The van der Waals surface area contributed by atoms with Gasteiger partial charge < -0.3 is 10.6 Å². The van der Waals surface area contributed by atoms with Gasteiger partial charge in [-0.2, -0.15) is 5.10 Å². The molecule has 2 N–H and O–H groups in total. The summed E-state index contributed by atoms with van der Waals surface area (Å²) >= 11 is 0. The molecular formula is C14H24N4O3S. The van der Waals surface area contributed by atoms with Crippen molar-refractivity contribution in [3.05, 3.63) is 17.5 Å². The highest BCUT2D eigenvalue weighted by atomic mass is 32.2. The molecule has 1 aliphatic heterocycles. The molecule has 22 heavy (non-hydrogen) atoms. The minimum Gasteiger partial charge on any atom is -0.338 e. The zero-order valence-electron chi connectivity index (χ0n) is 13.3. The maximum Gasteiger partial charge on any atom is 0.315 e. The zero-order chi connectivity index (χ0) is 16.3. The first-order valence-electron chi connectivity index (χ1n) is 7.51. The van der Waals surface area contributed by atoms with Crippen molar-refractivity contribution in [2.75, 3.05) is 18.1 Å². The molecule has 0 bridgehead atoms. The van der Waals surface area contributed by atoms with Gasteiger partial charge in [-0.3, -0.25) is 4.68 Å². The van der Waals surface area contributed by atoms with Crippen molar-refractivity contribution >= 4 is 15.9 Å². The Bertz CT molecular complexity index is 639. The number of carbonyl (C=O) groups excluding carboxylic acids is 1. The average molecular weight is 328 g/mol. The molecule has 1 aliphatic rings. The van der Waals surface area contributed by atoms with Crippen LogP contribution in [0.2, 0.25) is 0 Å². The van der Waals surface area contributed by atoms with E-state index < -0.39 is 9.84 Å². The van der Waals surface area contributed by atoms with Gasteiger partial charge in [-0.05, 0) is 32.3 Å². The lowest BCUT2D eigenvalue weighted by molar-refractivity contribution is 0.235. The van der Waals surface area contributed by atoms with Gasteiger partial charge in [0, 0.05) is 24.8 Å². The number of carbonyl (C=O) groups is 1. The standard InChI is InChI=1S/C14H24N4O3S/c1-10(8-18-12(3)6-11(2)17-18)7-15-14(19)16-13-4-5-22(20,21)9-13/h6,10,13H,4-5,7-9H2,1-3H3,(H2,15,16,19). The molecule has 1 saturated heterocycles. The van der Waals surface area contributed by atoms with Crippen LogP contribution in [-0.2, 0) is 16.4 Å². The van der Waals surface area contributed by atoms with E-state index in [1.54, 1.807) is 0 Å². The molecule has 0 saturated carbocycles. The maximum absolute atomic E-state index is 11.8. The van der Waals surface area contributed by atoms with E-state index in [-0.39, 0.29) is 29.5 Å². The highest BCUT2D eigenvalue weighted by Crippen LogP contribution is 2.11. The molecular weight excluding hydrogens is 304 g/mol. The first kappa shape index (κ1) is 16.8. The summed E-state index contributed by atoms with van der Waals surface area (Å²) in [6.45, 7) is 7.25. The number of rotatable bonds is 5. The van der Waals surface area contributed by atoms with Gasteiger partial charge >= 0.3 is 6.03 Å². The summed E-state index contributed by atoms with van der Waals surface area (Å²) < 4.78 is 24.6. The third-order valence-electron chi connectivity index (χ3n) is 3.77. The molecule has 8 heteroatoms. The summed E-state index contributed by atoms with van der Waals surface area (Å²) in [5.74, 6) is 0.435. The second-order valence-corrected chi connectivity index (χ2v) is 8.40. The van der Waals surface area contributed by atoms with E-state index in [1.165, 1.54) is 0 Å². The summed E-state index contributed by atoms with van der Waals surface area (Å²) in [6, 6.07) is 1.45. The molecule has 0 aliphatic carbocycles. The van der Waals surface area contributed by atoms with Crippen LogP contribution in [0.5, 0.6) is 0 Å². The fourth-order valence-electron chi connectivity index (χ4n) is 2.63. The smallest absolute Gasteiger partial charge is 0.315 e. The molecule has 2 heterocycles. The summed E-state index contributed by atoms with van der Waals surface area (Å²) in [5, 5.41) is 9.91. The van der Waals surface area contributed by atoms with Crippen molar-refractivity contribution in [2.45, 2.75) is 39.8 Å². The predicted octanol–water partition coefficient (Wildman–Crippen LogP) is 0.622.